The quantitative estimate of drug-likeness (QED) is 0.756. The van der Waals surface area contributed by atoms with Crippen LogP contribution in [0.4, 0.5) is 0 Å². The molecule has 0 amide bonds. The molecule has 0 aromatic carbocycles. The molecule has 0 radical (unpaired) electrons. The third-order valence-electron chi connectivity index (χ3n) is 3.90. The number of rotatable bonds is 5. The highest BCUT2D eigenvalue weighted by molar-refractivity contribution is 8.01. The molecule has 4 nitrogen and oxygen atoms in total. The molecule has 0 spiro atoms. The Balaban J connectivity index is 2.92. The Hall–Kier alpha value is 0.460. The van der Waals surface area contributed by atoms with E-state index < -0.39 is 19.0 Å². The lowest BCUT2D eigenvalue weighted by molar-refractivity contribution is 0.0433. The second-order valence-electron chi connectivity index (χ2n) is 6.60. The first-order chi connectivity index (χ1) is 8.42. The molecule has 0 aromatic rings. The van der Waals surface area contributed by atoms with Crippen molar-refractivity contribution in [3.63, 3.8) is 0 Å². The molecule has 1 fully saturated rings. The van der Waals surface area contributed by atoms with Gasteiger partial charge in [-0.1, -0.05) is 20.8 Å². The topological polar surface area (TPSA) is 58.6 Å². The maximum absolute atomic E-state index is 12.7. The molecule has 1 rings (SSSR count). The minimum atomic E-state index is -3.72. The molecular weight excluding hydrogens is 281 g/mol. The maximum Gasteiger partial charge on any atom is 0.346 e. The standard InChI is InChI=1S/C13H28NO3PS/c1-8-10-14-11(13(6,7)19-10)18(15,16)17-12(4,5)9(2)3/h9-11,14H,8H2,1-7H3,(H,15,16). The van der Waals surface area contributed by atoms with Crippen LogP contribution >= 0.6 is 19.4 Å². The molecule has 2 N–H and O–H groups in total. The summed E-state index contributed by atoms with van der Waals surface area (Å²) in [5.74, 6) is -0.347. The van der Waals surface area contributed by atoms with Gasteiger partial charge in [-0.05, 0) is 40.0 Å². The lowest BCUT2D eigenvalue weighted by Crippen LogP contribution is -2.41. The Morgan fingerprint density at radius 3 is 2.37 bits per heavy atom. The van der Waals surface area contributed by atoms with Gasteiger partial charge in [0.25, 0.3) is 0 Å². The highest BCUT2D eigenvalue weighted by Crippen LogP contribution is 2.60. The molecule has 1 aliphatic rings. The number of nitrogens with one attached hydrogen (secondary N) is 1. The third kappa shape index (κ3) is 3.98. The first-order valence-electron chi connectivity index (χ1n) is 6.89. The second-order valence-corrected chi connectivity index (χ2v) is 10.3. The van der Waals surface area contributed by atoms with Crippen molar-refractivity contribution < 1.29 is 14.0 Å². The summed E-state index contributed by atoms with van der Waals surface area (Å²) in [6.45, 7) is 13.8. The van der Waals surface area contributed by atoms with E-state index in [9.17, 15) is 9.46 Å². The molecule has 3 unspecified atom stereocenters. The van der Waals surface area contributed by atoms with Crippen molar-refractivity contribution in [2.45, 2.75) is 76.4 Å². The summed E-state index contributed by atoms with van der Waals surface area (Å²) in [6, 6.07) is 0. The molecule has 1 saturated heterocycles. The SMILES string of the molecule is CCC1NC(P(=O)(O)OC(C)(C)C(C)C)C(C)(C)S1. The molecule has 1 aliphatic heterocycles. The molecule has 3 atom stereocenters. The van der Waals surface area contributed by atoms with Crippen LogP contribution in [0.1, 0.15) is 54.9 Å². The van der Waals surface area contributed by atoms with Gasteiger partial charge in [0.1, 0.15) is 5.78 Å². The lowest BCUT2D eigenvalue weighted by Gasteiger charge is -2.36. The van der Waals surface area contributed by atoms with Gasteiger partial charge in [-0.2, -0.15) is 0 Å². The van der Waals surface area contributed by atoms with Gasteiger partial charge in [-0.3, -0.25) is 9.88 Å². The third-order valence-corrected chi connectivity index (χ3v) is 7.85. The van der Waals surface area contributed by atoms with E-state index in [-0.39, 0.29) is 16.0 Å². The van der Waals surface area contributed by atoms with E-state index in [0.29, 0.717) is 0 Å². The Morgan fingerprint density at radius 1 is 1.47 bits per heavy atom. The summed E-state index contributed by atoms with van der Waals surface area (Å²) in [7, 11) is -3.72. The van der Waals surface area contributed by atoms with Crippen molar-refractivity contribution in [3.8, 4) is 0 Å². The molecule has 1 heterocycles. The Labute approximate surface area is 121 Å². The van der Waals surface area contributed by atoms with Gasteiger partial charge in [0.15, 0.2) is 0 Å². The van der Waals surface area contributed by atoms with Crippen molar-refractivity contribution in [2.24, 2.45) is 5.92 Å². The summed E-state index contributed by atoms with van der Waals surface area (Å²) < 4.78 is 18.0. The van der Waals surface area contributed by atoms with E-state index in [4.69, 9.17) is 4.52 Å². The smallest absolute Gasteiger partial charge is 0.323 e. The summed E-state index contributed by atoms with van der Waals surface area (Å²) in [4.78, 5) is 10.4. The summed E-state index contributed by atoms with van der Waals surface area (Å²) >= 11 is 1.71. The van der Waals surface area contributed by atoms with Crippen molar-refractivity contribution in [1.82, 2.24) is 5.32 Å². The van der Waals surface area contributed by atoms with Crippen LogP contribution < -0.4 is 5.32 Å². The van der Waals surface area contributed by atoms with E-state index >= 15 is 0 Å². The monoisotopic (exact) mass is 309 g/mol. The number of hydrogen-bond acceptors (Lipinski definition) is 4. The molecule has 6 heteroatoms. The van der Waals surface area contributed by atoms with Crippen LogP contribution in [0.2, 0.25) is 0 Å². The minimum absolute atomic E-state index is 0.173. The van der Waals surface area contributed by atoms with Crippen LogP contribution in [0.25, 0.3) is 0 Å². The molecule has 114 valence electrons. The zero-order valence-electron chi connectivity index (χ0n) is 13.1. The van der Waals surface area contributed by atoms with Gasteiger partial charge < -0.3 is 9.42 Å². The molecular formula is C13H28NO3PS. The summed E-state index contributed by atoms with van der Waals surface area (Å²) in [5, 5.41) is 3.47. The van der Waals surface area contributed by atoms with E-state index in [1.54, 1.807) is 11.8 Å². The van der Waals surface area contributed by atoms with Gasteiger partial charge in [0, 0.05) is 4.75 Å². The Bertz CT molecular complexity index is 371. The van der Waals surface area contributed by atoms with Crippen LogP contribution in [0.3, 0.4) is 0 Å². The predicted octanol–water partition coefficient (Wildman–Crippen LogP) is 3.80. The minimum Gasteiger partial charge on any atom is -0.323 e. The van der Waals surface area contributed by atoms with Gasteiger partial charge in [0.2, 0.25) is 0 Å². The molecule has 0 aliphatic carbocycles. The molecule has 0 saturated carbocycles. The summed E-state index contributed by atoms with van der Waals surface area (Å²) in [6.07, 6.45) is 0.929. The summed E-state index contributed by atoms with van der Waals surface area (Å²) in [5.41, 5.74) is -0.614. The van der Waals surface area contributed by atoms with Crippen molar-refractivity contribution in [2.75, 3.05) is 0 Å². The molecule has 0 bridgehead atoms. The van der Waals surface area contributed by atoms with Gasteiger partial charge >= 0.3 is 7.60 Å². The van der Waals surface area contributed by atoms with Gasteiger partial charge in [-0.25, -0.2) is 0 Å². The average molecular weight is 309 g/mol. The van der Waals surface area contributed by atoms with Crippen molar-refractivity contribution in [3.05, 3.63) is 0 Å². The highest BCUT2D eigenvalue weighted by atomic mass is 32.2. The van der Waals surface area contributed by atoms with Crippen molar-refractivity contribution >= 4 is 19.4 Å². The lowest BCUT2D eigenvalue weighted by atomic mass is 9.95. The predicted molar refractivity (Wildman–Crippen MR) is 82.5 cm³/mol. The zero-order valence-corrected chi connectivity index (χ0v) is 14.8. The van der Waals surface area contributed by atoms with E-state index in [1.165, 1.54) is 0 Å². The van der Waals surface area contributed by atoms with Crippen LogP contribution in [-0.4, -0.2) is 26.4 Å². The normalized spacial score (nSPS) is 30.6. The van der Waals surface area contributed by atoms with Crippen LogP contribution in [0, 0.1) is 5.92 Å². The van der Waals surface area contributed by atoms with Crippen molar-refractivity contribution in [1.29, 1.82) is 0 Å². The van der Waals surface area contributed by atoms with Gasteiger partial charge in [-0.15, -0.1) is 11.8 Å². The molecule has 0 aromatic heterocycles. The average Bonchev–Trinajstić information content (AvgIpc) is 2.52. The number of thioether (sulfide) groups is 1. The fourth-order valence-electron chi connectivity index (χ4n) is 2.03. The van der Waals surface area contributed by atoms with E-state index in [0.717, 1.165) is 6.42 Å². The maximum atomic E-state index is 12.7. The Morgan fingerprint density at radius 2 is 2.00 bits per heavy atom. The molecule has 19 heavy (non-hydrogen) atoms. The Kier molecular flexibility index (Phi) is 5.24. The fraction of sp³-hybridized carbons (Fsp3) is 1.00. The van der Waals surface area contributed by atoms with Crippen LogP contribution in [0.15, 0.2) is 0 Å². The zero-order chi connectivity index (χ0) is 15.1. The second kappa shape index (κ2) is 5.69. The fourth-order valence-corrected chi connectivity index (χ4v) is 6.15. The van der Waals surface area contributed by atoms with Crippen LogP contribution in [0.5, 0.6) is 0 Å². The first-order valence-corrected chi connectivity index (χ1v) is 9.42. The first kappa shape index (κ1) is 17.5. The van der Waals surface area contributed by atoms with Gasteiger partial charge in [0.05, 0.1) is 11.0 Å². The van der Waals surface area contributed by atoms with E-state index in [1.807, 2.05) is 41.5 Å². The highest BCUT2D eigenvalue weighted by Gasteiger charge is 2.52. The van der Waals surface area contributed by atoms with E-state index in [2.05, 4.69) is 12.2 Å². The number of hydrogen-bond donors (Lipinski definition) is 2. The van der Waals surface area contributed by atoms with Crippen LogP contribution in [-0.2, 0) is 9.09 Å². The largest absolute Gasteiger partial charge is 0.346 e.